The van der Waals surface area contributed by atoms with Gasteiger partial charge in [-0.15, -0.1) is 0 Å². The highest BCUT2D eigenvalue weighted by Crippen LogP contribution is 2.16. The number of aliphatic carboxylic acids is 1. The number of carbonyl (C=O) groups excluding carboxylic acids is 1. The highest BCUT2D eigenvalue weighted by molar-refractivity contribution is 5.79. The Kier molecular flexibility index (Phi) is 6.28. The van der Waals surface area contributed by atoms with Gasteiger partial charge < -0.3 is 15.7 Å². The standard InChI is InChI=1S/C14H26N2O3/c1-9(14(18)19)5-4-6-11(3)16-13(17)12-8-15-7-10(12)2/h9-12,15H,4-8H2,1-3H3,(H,16,17)(H,18,19)/t9?,10-,11?,12-/m1/s1. The van der Waals surface area contributed by atoms with Crippen molar-refractivity contribution in [2.45, 2.75) is 46.1 Å². The van der Waals surface area contributed by atoms with E-state index < -0.39 is 5.97 Å². The molecule has 0 spiro atoms. The molecule has 0 aromatic heterocycles. The molecule has 1 heterocycles. The molecule has 3 N–H and O–H groups in total. The molecule has 1 fully saturated rings. The highest BCUT2D eigenvalue weighted by Gasteiger charge is 2.29. The summed E-state index contributed by atoms with van der Waals surface area (Å²) in [7, 11) is 0. The Balaban J connectivity index is 2.21. The molecule has 19 heavy (non-hydrogen) atoms. The van der Waals surface area contributed by atoms with E-state index >= 15 is 0 Å². The summed E-state index contributed by atoms with van der Waals surface area (Å²) in [4.78, 5) is 22.7. The fourth-order valence-corrected chi connectivity index (χ4v) is 2.44. The number of hydrogen-bond acceptors (Lipinski definition) is 3. The molecule has 0 aliphatic carbocycles. The van der Waals surface area contributed by atoms with E-state index in [-0.39, 0.29) is 23.8 Å². The third-order valence-corrected chi connectivity index (χ3v) is 3.94. The molecule has 0 aromatic carbocycles. The van der Waals surface area contributed by atoms with Crippen molar-refractivity contribution in [3.63, 3.8) is 0 Å². The predicted octanol–water partition coefficient (Wildman–Crippen LogP) is 1.24. The second kappa shape index (κ2) is 7.48. The van der Waals surface area contributed by atoms with Crippen LogP contribution in [0.5, 0.6) is 0 Å². The Labute approximate surface area is 115 Å². The van der Waals surface area contributed by atoms with E-state index in [4.69, 9.17) is 5.11 Å². The van der Waals surface area contributed by atoms with E-state index in [1.807, 2.05) is 6.92 Å². The van der Waals surface area contributed by atoms with Crippen molar-refractivity contribution < 1.29 is 14.7 Å². The van der Waals surface area contributed by atoms with Crippen LogP contribution in [-0.4, -0.2) is 36.1 Å². The van der Waals surface area contributed by atoms with E-state index in [9.17, 15) is 9.59 Å². The normalized spacial score (nSPS) is 25.8. The van der Waals surface area contributed by atoms with Crippen molar-refractivity contribution in [2.24, 2.45) is 17.8 Å². The molecule has 1 aliphatic rings. The molecule has 1 rings (SSSR count). The zero-order valence-corrected chi connectivity index (χ0v) is 12.1. The number of nitrogens with one attached hydrogen (secondary N) is 2. The van der Waals surface area contributed by atoms with Crippen molar-refractivity contribution in [2.75, 3.05) is 13.1 Å². The molecule has 1 aliphatic heterocycles. The third kappa shape index (κ3) is 5.19. The van der Waals surface area contributed by atoms with Crippen LogP contribution in [0.15, 0.2) is 0 Å². The molecule has 4 atom stereocenters. The second-order valence-electron chi connectivity index (χ2n) is 5.82. The first kappa shape index (κ1) is 16.0. The maximum Gasteiger partial charge on any atom is 0.306 e. The van der Waals surface area contributed by atoms with E-state index in [1.165, 1.54) is 0 Å². The summed E-state index contributed by atoms with van der Waals surface area (Å²) in [6, 6.07) is 0.112. The molecule has 0 aromatic rings. The SMILES string of the molecule is CC(CCCC(C)C(=O)O)NC(=O)[C@@H]1CNC[C@H]1C. The van der Waals surface area contributed by atoms with Crippen LogP contribution < -0.4 is 10.6 Å². The Morgan fingerprint density at radius 2 is 2.00 bits per heavy atom. The first-order valence-corrected chi connectivity index (χ1v) is 7.15. The highest BCUT2D eigenvalue weighted by atomic mass is 16.4. The van der Waals surface area contributed by atoms with Gasteiger partial charge in [-0.3, -0.25) is 9.59 Å². The van der Waals surface area contributed by atoms with Crippen LogP contribution in [0.1, 0.15) is 40.0 Å². The molecule has 5 heteroatoms. The quantitative estimate of drug-likeness (QED) is 0.650. The zero-order valence-electron chi connectivity index (χ0n) is 12.1. The summed E-state index contributed by atoms with van der Waals surface area (Å²) >= 11 is 0. The minimum absolute atomic E-state index is 0.0698. The van der Waals surface area contributed by atoms with Crippen LogP contribution in [0.3, 0.4) is 0 Å². The van der Waals surface area contributed by atoms with Gasteiger partial charge in [0.25, 0.3) is 0 Å². The molecule has 0 saturated carbocycles. The van der Waals surface area contributed by atoms with Gasteiger partial charge in [0, 0.05) is 12.6 Å². The Morgan fingerprint density at radius 3 is 2.53 bits per heavy atom. The van der Waals surface area contributed by atoms with Crippen LogP contribution in [0.4, 0.5) is 0 Å². The first-order valence-electron chi connectivity index (χ1n) is 7.15. The van der Waals surface area contributed by atoms with Crippen molar-refractivity contribution in [1.29, 1.82) is 0 Å². The van der Waals surface area contributed by atoms with Gasteiger partial charge in [0.2, 0.25) is 5.91 Å². The van der Waals surface area contributed by atoms with Gasteiger partial charge in [-0.25, -0.2) is 0 Å². The average molecular weight is 270 g/mol. The van der Waals surface area contributed by atoms with Crippen molar-refractivity contribution >= 4 is 11.9 Å². The summed E-state index contributed by atoms with van der Waals surface area (Å²) in [6.07, 6.45) is 2.32. The lowest BCUT2D eigenvalue weighted by molar-refractivity contribution is -0.141. The summed E-state index contributed by atoms with van der Waals surface area (Å²) in [5.41, 5.74) is 0. The van der Waals surface area contributed by atoms with Gasteiger partial charge in [0.15, 0.2) is 0 Å². The van der Waals surface area contributed by atoms with Crippen molar-refractivity contribution in [3.05, 3.63) is 0 Å². The van der Waals surface area contributed by atoms with Crippen LogP contribution in [-0.2, 0) is 9.59 Å². The number of hydrogen-bond donors (Lipinski definition) is 3. The molecule has 2 unspecified atom stereocenters. The van der Waals surface area contributed by atoms with Crippen LogP contribution >= 0.6 is 0 Å². The minimum Gasteiger partial charge on any atom is -0.481 e. The summed E-state index contributed by atoms with van der Waals surface area (Å²) in [6.45, 7) is 7.45. The van der Waals surface area contributed by atoms with E-state index in [0.717, 1.165) is 25.9 Å². The fraction of sp³-hybridized carbons (Fsp3) is 0.857. The largest absolute Gasteiger partial charge is 0.481 e. The lowest BCUT2D eigenvalue weighted by Gasteiger charge is -2.19. The second-order valence-corrected chi connectivity index (χ2v) is 5.82. The van der Waals surface area contributed by atoms with Gasteiger partial charge in [-0.1, -0.05) is 20.3 Å². The smallest absolute Gasteiger partial charge is 0.306 e. The summed E-state index contributed by atoms with van der Waals surface area (Å²) in [5.74, 6) is -0.472. The Bertz CT molecular complexity index is 320. The summed E-state index contributed by atoms with van der Waals surface area (Å²) < 4.78 is 0. The van der Waals surface area contributed by atoms with Crippen LogP contribution in [0.25, 0.3) is 0 Å². The maximum atomic E-state index is 12.0. The number of amides is 1. The minimum atomic E-state index is -0.748. The van der Waals surface area contributed by atoms with E-state index in [2.05, 4.69) is 17.6 Å². The molecule has 5 nitrogen and oxygen atoms in total. The average Bonchev–Trinajstić information content (AvgIpc) is 2.75. The molecule has 0 bridgehead atoms. The molecular formula is C14H26N2O3. The monoisotopic (exact) mass is 270 g/mol. The topological polar surface area (TPSA) is 78.4 Å². The van der Waals surface area contributed by atoms with E-state index in [1.54, 1.807) is 6.92 Å². The van der Waals surface area contributed by atoms with Gasteiger partial charge in [0.1, 0.15) is 0 Å². The maximum absolute atomic E-state index is 12.0. The van der Waals surface area contributed by atoms with Gasteiger partial charge in [-0.05, 0) is 32.2 Å². The number of rotatable bonds is 7. The zero-order chi connectivity index (χ0) is 14.4. The number of carbonyl (C=O) groups is 2. The molecule has 1 saturated heterocycles. The lowest BCUT2D eigenvalue weighted by atomic mass is 9.96. The van der Waals surface area contributed by atoms with Gasteiger partial charge in [-0.2, -0.15) is 0 Å². The predicted molar refractivity (Wildman–Crippen MR) is 73.8 cm³/mol. The number of carboxylic acids is 1. The molecule has 0 radical (unpaired) electrons. The summed E-state index contributed by atoms with van der Waals surface area (Å²) in [5, 5.41) is 15.0. The van der Waals surface area contributed by atoms with Crippen molar-refractivity contribution in [1.82, 2.24) is 10.6 Å². The number of carboxylic acid groups (broad SMARTS) is 1. The van der Waals surface area contributed by atoms with Crippen LogP contribution in [0.2, 0.25) is 0 Å². The van der Waals surface area contributed by atoms with E-state index in [0.29, 0.717) is 12.3 Å². The first-order chi connectivity index (χ1) is 8.91. The van der Waals surface area contributed by atoms with Gasteiger partial charge in [0.05, 0.1) is 11.8 Å². The van der Waals surface area contributed by atoms with Crippen molar-refractivity contribution in [3.8, 4) is 0 Å². The lowest BCUT2D eigenvalue weighted by Crippen LogP contribution is -2.39. The molecule has 110 valence electrons. The van der Waals surface area contributed by atoms with Gasteiger partial charge >= 0.3 is 5.97 Å². The molecular weight excluding hydrogens is 244 g/mol. The third-order valence-electron chi connectivity index (χ3n) is 3.94. The molecule has 1 amide bonds. The Morgan fingerprint density at radius 1 is 1.32 bits per heavy atom. The fourth-order valence-electron chi connectivity index (χ4n) is 2.44. The Hall–Kier alpha value is -1.10. The van der Waals surface area contributed by atoms with Crippen LogP contribution in [0, 0.1) is 17.8 Å².